The van der Waals surface area contributed by atoms with E-state index in [9.17, 15) is 18.8 Å². The molecule has 0 spiro atoms. The summed E-state index contributed by atoms with van der Waals surface area (Å²) in [5.74, 6) is -0.275. The monoisotopic (exact) mass is 491 g/mol. The molecule has 8 heteroatoms. The van der Waals surface area contributed by atoms with Gasteiger partial charge in [0.25, 0.3) is 5.91 Å². The Kier molecular flexibility index (Phi) is 6.97. The van der Waals surface area contributed by atoms with E-state index in [-0.39, 0.29) is 18.1 Å². The highest BCUT2D eigenvalue weighted by Gasteiger charge is 2.48. The second-order valence-corrected chi connectivity index (χ2v) is 9.42. The number of benzene rings is 2. The van der Waals surface area contributed by atoms with Crippen LogP contribution in [-0.4, -0.2) is 46.4 Å². The number of imide groups is 1. The molecular formula is C28H30FN3O4. The van der Waals surface area contributed by atoms with Gasteiger partial charge in [0, 0.05) is 23.5 Å². The predicted octanol–water partition coefficient (Wildman–Crippen LogP) is 4.43. The van der Waals surface area contributed by atoms with Crippen LogP contribution in [0.25, 0.3) is 0 Å². The number of carbonyl (C=O) groups is 3. The molecule has 1 atom stereocenters. The van der Waals surface area contributed by atoms with E-state index in [4.69, 9.17) is 4.74 Å². The Balaban J connectivity index is 1.44. The quantitative estimate of drug-likeness (QED) is 0.355. The van der Waals surface area contributed by atoms with Gasteiger partial charge in [0.15, 0.2) is 5.78 Å². The Morgan fingerprint density at radius 1 is 1.03 bits per heavy atom. The zero-order chi connectivity index (χ0) is 26.0. The summed E-state index contributed by atoms with van der Waals surface area (Å²) in [4.78, 5) is 40.0. The Morgan fingerprint density at radius 2 is 1.67 bits per heavy atom. The molecule has 0 bridgehead atoms. The number of urea groups is 1. The number of aryl methyl sites for hydroxylation is 2. The maximum Gasteiger partial charge on any atom is 0.325 e. The minimum absolute atomic E-state index is 0.305. The van der Waals surface area contributed by atoms with Gasteiger partial charge >= 0.3 is 6.03 Å². The van der Waals surface area contributed by atoms with Crippen molar-refractivity contribution >= 4 is 17.7 Å². The molecule has 188 valence electrons. The number of hydrogen-bond acceptors (Lipinski definition) is 4. The largest absolute Gasteiger partial charge is 0.497 e. The SMILES string of the molecule is COc1ccc(CC[C@@]2(C)NC(=O)N(CC(=O)c3cc(C)n(Cc4ccc(F)cc4)c3C)C2=O)cc1. The molecular weight excluding hydrogens is 461 g/mol. The van der Waals surface area contributed by atoms with Crippen LogP contribution in [0.15, 0.2) is 54.6 Å². The number of Topliss-reactive ketones (excluding diaryl/α,β-unsaturated/α-hetero) is 1. The van der Waals surface area contributed by atoms with Gasteiger partial charge in [-0.15, -0.1) is 0 Å². The lowest BCUT2D eigenvalue weighted by molar-refractivity contribution is -0.130. The maximum absolute atomic E-state index is 13.2. The van der Waals surface area contributed by atoms with E-state index in [2.05, 4.69) is 5.32 Å². The fourth-order valence-electron chi connectivity index (χ4n) is 4.57. The molecule has 4 rings (SSSR count). The summed E-state index contributed by atoms with van der Waals surface area (Å²) in [6, 6.07) is 15.0. The topological polar surface area (TPSA) is 80.6 Å². The first kappa shape index (κ1) is 25.2. The van der Waals surface area contributed by atoms with Gasteiger partial charge < -0.3 is 14.6 Å². The number of nitrogens with one attached hydrogen (secondary N) is 1. The normalized spacial score (nSPS) is 17.4. The first-order valence-electron chi connectivity index (χ1n) is 11.8. The van der Waals surface area contributed by atoms with Gasteiger partial charge in [0.2, 0.25) is 0 Å². The van der Waals surface area contributed by atoms with Crippen molar-refractivity contribution in [2.75, 3.05) is 13.7 Å². The van der Waals surface area contributed by atoms with E-state index in [1.54, 1.807) is 32.2 Å². The number of ether oxygens (including phenoxy) is 1. The second kappa shape index (κ2) is 9.97. The van der Waals surface area contributed by atoms with Gasteiger partial charge in [-0.3, -0.25) is 14.5 Å². The summed E-state index contributed by atoms with van der Waals surface area (Å²) < 4.78 is 20.4. The Morgan fingerprint density at radius 3 is 2.31 bits per heavy atom. The van der Waals surface area contributed by atoms with Crippen LogP contribution in [-0.2, 0) is 17.8 Å². The van der Waals surface area contributed by atoms with E-state index in [0.717, 1.165) is 33.2 Å². The highest BCUT2D eigenvalue weighted by atomic mass is 19.1. The molecule has 1 saturated heterocycles. The van der Waals surface area contributed by atoms with Gasteiger partial charge in [-0.05, 0) is 75.1 Å². The van der Waals surface area contributed by atoms with Crippen molar-refractivity contribution in [3.05, 3.63) is 88.5 Å². The van der Waals surface area contributed by atoms with Crippen molar-refractivity contribution in [1.29, 1.82) is 0 Å². The molecule has 1 N–H and O–H groups in total. The van der Waals surface area contributed by atoms with Crippen LogP contribution in [0.2, 0.25) is 0 Å². The number of amides is 3. The number of rotatable bonds is 9. The fourth-order valence-corrected chi connectivity index (χ4v) is 4.57. The lowest BCUT2D eigenvalue weighted by Crippen LogP contribution is -2.44. The number of carbonyl (C=O) groups excluding carboxylic acids is 3. The summed E-state index contributed by atoms with van der Waals surface area (Å²) >= 11 is 0. The van der Waals surface area contributed by atoms with Crippen LogP contribution >= 0.6 is 0 Å². The van der Waals surface area contributed by atoms with Crippen LogP contribution in [0.5, 0.6) is 5.75 Å². The molecule has 1 aliphatic heterocycles. The summed E-state index contributed by atoms with van der Waals surface area (Å²) in [5, 5.41) is 2.77. The van der Waals surface area contributed by atoms with Gasteiger partial charge in [0.05, 0.1) is 13.7 Å². The highest BCUT2D eigenvalue weighted by molar-refractivity contribution is 6.11. The smallest absolute Gasteiger partial charge is 0.325 e. The van der Waals surface area contributed by atoms with E-state index in [1.807, 2.05) is 42.7 Å². The summed E-state index contributed by atoms with van der Waals surface area (Å²) in [6.45, 7) is 5.56. The molecule has 0 aliphatic carbocycles. The Hall–Kier alpha value is -3.94. The van der Waals surface area contributed by atoms with E-state index in [1.165, 1.54) is 12.1 Å². The number of aromatic nitrogens is 1. The molecule has 2 heterocycles. The molecule has 3 amide bonds. The van der Waals surface area contributed by atoms with Crippen LogP contribution in [0.1, 0.15) is 46.2 Å². The maximum atomic E-state index is 13.2. The minimum atomic E-state index is -1.09. The van der Waals surface area contributed by atoms with Crippen molar-refractivity contribution in [2.24, 2.45) is 0 Å². The van der Waals surface area contributed by atoms with Crippen molar-refractivity contribution in [3.8, 4) is 5.75 Å². The third-order valence-corrected chi connectivity index (χ3v) is 6.85. The van der Waals surface area contributed by atoms with Crippen molar-refractivity contribution < 1.29 is 23.5 Å². The zero-order valence-corrected chi connectivity index (χ0v) is 20.9. The first-order chi connectivity index (χ1) is 17.1. The fraction of sp³-hybridized carbons (Fsp3) is 0.321. The van der Waals surface area contributed by atoms with Gasteiger partial charge in [0.1, 0.15) is 17.1 Å². The van der Waals surface area contributed by atoms with Crippen LogP contribution < -0.4 is 10.1 Å². The summed E-state index contributed by atoms with van der Waals surface area (Å²) in [7, 11) is 1.60. The summed E-state index contributed by atoms with van der Waals surface area (Å²) in [6.07, 6.45) is 0.986. The third-order valence-electron chi connectivity index (χ3n) is 6.85. The van der Waals surface area contributed by atoms with Gasteiger partial charge in [-0.25, -0.2) is 9.18 Å². The molecule has 0 saturated carbocycles. The van der Waals surface area contributed by atoms with E-state index >= 15 is 0 Å². The van der Waals surface area contributed by atoms with Crippen molar-refractivity contribution in [1.82, 2.24) is 14.8 Å². The van der Waals surface area contributed by atoms with Crippen molar-refractivity contribution in [2.45, 2.75) is 45.7 Å². The number of hydrogen-bond donors (Lipinski definition) is 1. The number of halogens is 1. The van der Waals surface area contributed by atoms with Crippen LogP contribution in [0, 0.1) is 19.7 Å². The highest BCUT2D eigenvalue weighted by Crippen LogP contribution is 2.25. The lowest BCUT2D eigenvalue weighted by atomic mass is 9.93. The molecule has 1 aromatic heterocycles. The molecule has 2 aromatic carbocycles. The average molecular weight is 492 g/mol. The molecule has 7 nitrogen and oxygen atoms in total. The second-order valence-electron chi connectivity index (χ2n) is 9.42. The first-order valence-corrected chi connectivity index (χ1v) is 11.8. The van der Waals surface area contributed by atoms with Gasteiger partial charge in [-0.2, -0.15) is 0 Å². The molecule has 0 unspecified atom stereocenters. The third kappa shape index (κ3) is 5.03. The standard InChI is InChI=1S/C28H30FN3O4/c1-18-15-24(19(2)31(18)16-21-5-9-22(29)10-6-21)25(33)17-32-26(34)28(3,30-27(32)35)14-13-20-7-11-23(36-4)12-8-20/h5-12,15H,13-14,16-17H2,1-4H3,(H,30,35)/t28-/m1/s1. The Bertz CT molecular complexity index is 1300. The number of methoxy groups -OCH3 is 1. The molecule has 0 radical (unpaired) electrons. The predicted molar refractivity (Wildman–Crippen MR) is 134 cm³/mol. The number of nitrogens with zero attached hydrogens (tertiary/aromatic N) is 2. The van der Waals surface area contributed by atoms with E-state index < -0.39 is 17.5 Å². The number of ketones is 1. The van der Waals surface area contributed by atoms with Gasteiger partial charge in [-0.1, -0.05) is 24.3 Å². The molecule has 36 heavy (non-hydrogen) atoms. The Labute approximate surface area is 209 Å². The van der Waals surface area contributed by atoms with Crippen molar-refractivity contribution in [3.63, 3.8) is 0 Å². The van der Waals surface area contributed by atoms with Crippen LogP contribution in [0.4, 0.5) is 9.18 Å². The summed E-state index contributed by atoms with van der Waals surface area (Å²) in [5.41, 5.74) is 2.89. The zero-order valence-electron chi connectivity index (χ0n) is 20.9. The van der Waals surface area contributed by atoms with Crippen LogP contribution in [0.3, 0.4) is 0 Å². The molecule has 1 aliphatic rings. The van der Waals surface area contributed by atoms with E-state index in [0.29, 0.717) is 24.9 Å². The average Bonchev–Trinajstić information content (AvgIpc) is 3.26. The lowest BCUT2D eigenvalue weighted by Gasteiger charge is -2.21. The minimum Gasteiger partial charge on any atom is -0.497 e. The molecule has 1 fully saturated rings. The molecule has 3 aromatic rings.